The quantitative estimate of drug-likeness (QED) is 0.866. The van der Waals surface area contributed by atoms with E-state index >= 15 is 0 Å². The lowest BCUT2D eigenvalue weighted by molar-refractivity contribution is 0.547. The molecule has 1 aromatic heterocycles. The lowest BCUT2D eigenvalue weighted by atomic mass is 10.2. The van der Waals surface area contributed by atoms with Crippen LogP contribution < -0.4 is 5.32 Å². The van der Waals surface area contributed by atoms with Crippen molar-refractivity contribution >= 4 is 0 Å². The van der Waals surface area contributed by atoms with Gasteiger partial charge in [0.25, 0.3) is 0 Å². The number of nitrogens with zero attached hydrogens (tertiary/aromatic N) is 2. The van der Waals surface area contributed by atoms with Gasteiger partial charge in [0.05, 0.1) is 11.4 Å². The average Bonchev–Trinajstić information content (AvgIpc) is 2.73. The van der Waals surface area contributed by atoms with E-state index in [1.54, 1.807) is 12.1 Å². The first-order chi connectivity index (χ1) is 9.19. The smallest absolute Gasteiger partial charge is 0.123 e. The van der Waals surface area contributed by atoms with E-state index in [1.807, 2.05) is 11.6 Å². The first kappa shape index (κ1) is 13.7. The van der Waals surface area contributed by atoms with Crippen LogP contribution in [0.3, 0.4) is 0 Å². The normalized spacial score (nSPS) is 10.9. The summed E-state index contributed by atoms with van der Waals surface area (Å²) >= 11 is 0. The zero-order chi connectivity index (χ0) is 13.7. The predicted octanol–water partition coefficient (Wildman–Crippen LogP) is 3.03. The summed E-state index contributed by atoms with van der Waals surface area (Å²) in [5.41, 5.74) is 3.33. The molecule has 0 radical (unpaired) electrons. The first-order valence-corrected chi connectivity index (χ1v) is 6.67. The first-order valence-electron chi connectivity index (χ1n) is 6.67. The number of aromatic nitrogens is 2. The van der Waals surface area contributed by atoms with E-state index in [0.29, 0.717) is 0 Å². The van der Waals surface area contributed by atoms with E-state index < -0.39 is 0 Å². The van der Waals surface area contributed by atoms with Crippen LogP contribution in [0.5, 0.6) is 0 Å². The summed E-state index contributed by atoms with van der Waals surface area (Å²) in [4.78, 5) is 0. The third-order valence-corrected chi connectivity index (χ3v) is 2.97. The van der Waals surface area contributed by atoms with Crippen LogP contribution >= 0.6 is 0 Å². The second-order valence-corrected chi connectivity index (χ2v) is 4.73. The van der Waals surface area contributed by atoms with E-state index in [0.717, 1.165) is 37.3 Å². The second-order valence-electron chi connectivity index (χ2n) is 4.73. The van der Waals surface area contributed by atoms with Gasteiger partial charge in [-0.2, -0.15) is 5.10 Å². The molecule has 1 aromatic carbocycles. The van der Waals surface area contributed by atoms with Crippen LogP contribution in [0.15, 0.2) is 30.3 Å². The Morgan fingerprint density at radius 3 is 2.63 bits per heavy atom. The number of aryl methyl sites for hydroxylation is 2. The SMILES string of the molecule is CCCn1nc(C)cc1CNCc1ccc(F)cc1. The molecule has 1 heterocycles. The third kappa shape index (κ3) is 3.89. The van der Waals surface area contributed by atoms with E-state index in [-0.39, 0.29) is 5.82 Å². The van der Waals surface area contributed by atoms with Crippen LogP contribution in [0, 0.1) is 12.7 Å². The molecule has 0 saturated heterocycles. The second kappa shape index (κ2) is 6.48. The summed E-state index contributed by atoms with van der Waals surface area (Å²) in [7, 11) is 0. The molecule has 4 heteroatoms. The Morgan fingerprint density at radius 2 is 1.95 bits per heavy atom. The van der Waals surface area contributed by atoms with Gasteiger partial charge in [-0.1, -0.05) is 19.1 Å². The summed E-state index contributed by atoms with van der Waals surface area (Å²) < 4.78 is 14.8. The molecule has 2 aromatic rings. The van der Waals surface area contributed by atoms with Gasteiger partial charge >= 0.3 is 0 Å². The minimum absolute atomic E-state index is 0.194. The minimum Gasteiger partial charge on any atom is -0.307 e. The largest absolute Gasteiger partial charge is 0.307 e. The fraction of sp³-hybridized carbons (Fsp3) is 0.400. The number of halogens is 1. The van der Waals surface area contributed by atoms with Gasteiger partial charge in [-0.3, -0.25) is 4.68 Å². The number of rotatable bonds is 6. The van der Waals surface area contributed by atoms with Crippen LogP contribution in [-0.4, -0.2) is 9.78 Å². The van der Waals surface area contributed by atoms with Gasteiger partial charge in [0, 0.05) is 19.6 Å². The minimum atomic E-state index is -0.194. The molecule has 0 atom stereocenters. The Morgan fingerprint density at radius 1 is 1.21 bits per heavy atom. The van der Waals surface area contributed by atoms with Crippen molar-refractivity contribution < 1.29 is 4.39 Å². The molecule has 0 fully saturated rings. The molecular weight excluding hydrogens is 241 g/mol. The van der Waals surface area contributed by atoms with E-state index in [2.05, 4.69) is 23.4 Å². The van der Waals surface area contributed by atoms with Crippen molar-refractivity contribution in [3.05, 3.63) is 53.1 Å². The fourth-order valence-electron chi connectivity index (χ4n) is 2.08. The third-order valence-electron chi connectivity index (χ3n) is 2.97. The Bertz CT molecular complexity index is 517. The summed E-state index contributed by atoms with van der Waals surface area (Å²) in [6.07, 6.45) is 1.08. The highest BCUT2D eigenvalue weighted by Gasteiger charge is 2.04. The molecule has 2 rings (SSSR count). The van der Waals surface area contributed by atoms with Gasteiger partial charge in [-0.25, -0.2) is 4.39 Å². The zero-order valence-corrected chi connectivity index (χ0v) is 11.5. The average molecular weight is 261 g/mol. The van der Waals surface area contributed by atoms with Crippen LogP contribution in [0.25, 0.3) is 0 Å². The number of nitrogens with one attached hydrogen (secondary N) is 1. The topological polar surface area (TPSA) is 29.9 Å². The number of hydrogen-bond donors (Lipinski definition) is 1. The molecule has 0 spiro atoms. The molecule has 0 unspecified atom stereocenters. The summed E-state index contributed by atoms with van der Waals surface area (Å²) in [5, 5.41) is 7.83. The van der Waals surface area contributed by atoms with Crippen LogP contribution in [-0.2, 0) is 19.6 Å². The highest BCUT2D eigenvalue weighted by molar-refractivity contribution is 5.16. The molecule has 0 aliphatic rings. The molecular formula is C15H20FN3. The summed E-state index contributed by atoms with van der Waals surface area (Å²) in [6.45, 7) is 6.61. The standard InChI is InChI=1S/C15H20FN3/c1-3-8-19-15(9-12(2)18-19)11-17-10-13-4-6-14(16)7-5-13/h4-7,9,17H,3,8,10-11H2,1-2H3. The van der Waals surface area contributed by atoms with E-state index in [4.69, 9.17) is 0 Å². The molecule has 0 bridgehead atoms. The van der Waals surface area contributed by atoms with Crippen molar-refractivity contribution in [3.8, 4) is 0 Å². The highest BCUT2D eigenvalue weighted by Crippen LogP contribution is 2.06. The monoisotopic (exact) mass is 261 g/mol. The molecule has 0 aliphatic carbocycles. The van der Waals surface area contributed by atoms with Crippen molar-refractivity contribution in [3.63, 3.8) is 0 Å². The van der Waals surface area contributed by atoms with E-state index in [9.17, 15) is 4.39 Å². The summed E-state index contributed by atoms with van der Waals surface area (Å²) in [6, 6.07) is 8.69. The van der Waals surface area contributed by atoms with Gasteiger partial charge in [0.2, 0.25) is 0 Å². The molecule has 3 nitrogen and oxygen atoms in total. The number of hydrogen-bond acceptors (Lipinski definition) is 2. The van der Waals surface area contributed by atoms with Crippen LogP contribution in [0.2, 0.25) is 0 Å². The maximum atomic E-state index is 12.8. The lowest BCUT2D eigenvalue weighted by Crippen LogP contribution is -2.16. The maximum Gasteiger partial charge on any atom is 0.123 e. The van der Waals surface area contributed by atoms with Crippen LogP contribution in [0.1, 0.15) is 30.3 Å². The van der Waals surface area contributed by atoms with Gasteiger partial charge < -0.3 is 5.32 Å². The molecule has 0 saturated carbocycles. The zero-order valence-electron chi connectivity index (χ0n) is 11.5. The van der Waals surface area contributed by atoms with Crippen molar-refractivity contribution in [2.45, 2.75) is 39.9 Å². The van der Waals surface area contributed by atoms with Crippen molar-refractivity contribution in [2.24, 2.45) is 0 Å². The predicted molar refractivity (Wildman–Crippen MR) is 74.2 cm³/mol. The Balaban J connectivity index is 1.90. The fourth-order valence-corrected chi connectivity index (χ4v) is 2.08. The van der Waals surface area contributed by atoms with Crippen molar-refractivity contribution in [2.75, 3.05) is 0 Å². The Kier molecular flexibility index (Phi) is 4.68. The molecule has 102 valence electrons. The van der Waals surface area contributed by atoms with Gasteiger partial charge in [0.15, 0.2) is 0 Å². The molecule has 1 N–H and O–H groups in total. The number of benzene rings is 1. The molecule has 0 amide bonds. The lowest BCUT2D eigenvalue weighted by Gasteiger charge is -2.07. The van der Waals surface area contributed by atoms with Crippen molar-refractivity contribution in [1.82, 2.24) is 15.1 Å². The van der Waals surface area contributed by atoms with Gasteiger partial charge in [-0.15, -0.1) is 0 Å². The van der Waals surface area contributed by atoms with Gasteiger partial charge in [0.1, 0.15) is 5.82 Å². The molecule has 19 heavy (non-hydrogen) atoms. The van der Waals surface area contributed by atoms with E-state index in [1.165, 1.54) is 17.8 Å². The molecule has 0 aliphatic heterocycles. The van der Waals surface area contributed by atoms with Crippen molar-refractivity contribution in [1.29, 1.82) is 0 Å². The Hall–Kier alpha value is -1.68. The van der Waals surface area contributed by atoms with Crippen LogP contribution in [0.4, 0.5) is 4.39 Å². The van der Waals surface area contributed by atoms with Gasteiger partial charge in [-0.05, 0) is 37.1 Å². The highest BCUT2D eigenvalue weighted by atomic mass is 19.1. The summed E-state index contributed by atoms with van der Waals surface area (Å²) in [5.74, 6) is -0.194. The maximum absolute atomic E-state index is 12.8. The Labute approximate surface area is 113 Å².